The zero-order chi connectivity index (χ0) is 12.8. The van der Waals surface area contributed by atoms with Gasteiger partial charge in [-0.25, -0.2) is 0 Å². The van der Waals surface area contributed by atoms with Gasteiger partial charge in [-0.2, -0.15) is 0 Å². The normalized spacial score (nSPS) is 32.3. The van der Waals surface area contributed by atoms with E-state index in [-0.39, 0.29) is 0 Å². The van der Waals surface area contributed by atoms with Crippen LogP contribution in [0, 0.1) is 0 Å². The molecule has 1 aliphatic carbocycles. The van der Waals surface area contributed by atoms with Crippen LogP contribution in [0.2, 0.25) is 0 Å². The van der Waals surface area contributed by atoms with E-state index in [0.29, 0.717) is 18.2 Å². The molecule has 0 amide bonds. The van der Waals surface area contributed by atoms with E-state index in [1.807, 2.05) is 7.11 Å². The Morgan fingerprint density at radius 1 is 1.22 bits per heavy atom. The van der Waals surface area contributed by atoms with Crippen LogP contribution in [0.3, 0.4) is 0 Å². The Kier molecular flexibility index (Phi) is 5.89. The molecule has 0 spiro atoms. The third kappa shape index (κ3) is 4.50. The third-order valence-electron chi connectivity index (χ3n) is 4.16. The van der Waals surface area contributed by atoms with E-state index in [9.17, 15) is 0 Å². The van der Waals surface area contributed by atoms with E-state index in [1.54, 1.807) is 0 Å². The Balaban J connectivity index is 1.63. The molecule has 4 heteroatoms. The molecule has 18 heavy (non-hydrogen) atoms. The van der Waals surface area contributed by atoms with Crippen LogP contribution in [-0.4, -0.2) is 63.0 Å². The number of rotatable bonds is 5. The number of nitrogens with one attached hydrogen (secondary N) is 1. The molecule has 2 rings (SSSR count). The average molecular weight is 256 g/mol. The summed E-state index contributed by atoms with van der Waals surface area (Å²) in [4.78, 5) is 2.50. The maximum atomic E-state index is 5.42. The van der Waals surface area contributed by atoms with Crippen molar-refractivity contribution < 1.29 is 9.47 Å². The summed E-state index contributed by atoms with van der Waals surface area (Å²) in [6, 6.07) is 1.26. The summed E-state index contributed by atoms with van der Waals surface area (Å²) < 4.78 is 10.8. The van der Waals surface area contributed by atoms with Crippen molar-refractivity contribution in [2.24, 2.45) is 0 Å². The van der Waals surface area contributed by atoms with Crippen molar-refractivity contribution in [2.75, 3.05) is 40.0 Å². The van der Waals surface area contributed by atoms with Gasteiger partial charge in [-0.05, 0) is 32.6 Å². The third-order valence-corrected chi connectivity index (χ3v) is 4.16. The Morgan fingerprint density at radius 2 is 1.89 bits per heavy atom. The molecule has 2 fully saturated rings. The van der Waals surface area contributed by atoms with Gasteiger partial charge in [0.2, 0.25) is 0 Å². The van der Waals surface area contributed by atoms with Gasteiger partial charge < -0.3 is 14.8 Å². The highest BCUT2D eigenvalue weighted by Gasteiger charge is 2.22. The second kappa shape index (κ2) is 7.43. The van der Waals surface area contributed by atoms with Crippen molar-refractivity contribution in [3.63, 3.8) is 0 Å². The van der Waals surface area contributed by atoms with Crippen LogP contribution in [0.1, 0.15) is 32.6 Å². The van der Waals surface area contributed by atoms with Crippen LogP contribution >= 0.6 is 0 Å². The minimum absolute atomic E-state index is 0.498. The standard InChI is InChI=1S/C14H28N2O2/c1-12(11-16-7-9-18-10-8-16)15-13-3-5-14(17-2)6-4-13/h12-15H,3-11H2,1-2H3. The van der Waals surface area contributed by atoms with E-state index in [4.69, 9.17) is 9.47 Å². The van der Waals surface area contributed by atoms with Crippen LogP contribution in [0.5, 0.6) is 0 Å². The quantitative estimate of drug-likeness (QED) is 0.803. The fraction of sp³-hybridized carbons (Fsp3) is 1.00. The maximum absolute atomic E-state index is 5.42. The second-order valence-corrected chi connectivity index (χ2v) is 5.69. The van der Waals surface area contributed by atoms with Crippen LogP contribution in [0.25, 0.3) is 0 Å². The van der Waals surface area contributed by atoms with Crippen molar-refractivity contribution in [1.29, 1.82) is 0 Å². The second-order valence-electron chi connectivity index (χ2n) is 5.69. The van der Waals surface area contributed by atoms with Gasteiger partial charge in [-0.15, -0.1) is 0 Å². The van der Waals surface area contributed by atoms with E-state index in [1.165, 1.54) is 25.7 Å². The summed E-state index contributed by atoms with van der Waals surface area (Å²) >= 11 is 0. The molecule has 1 aliphatic heterocycles. The van der Waals surface area contributed by atoms with Crippen molar-refractivity contribution in [3.8, 4) is 0 Å². The molecule has 0 radical (unpaired) electrons. The lowest BCUT2D eigenvalue weighted by Gasteiger charge is -2.33. The minimum Gasteiger partial charge on any atom is -0.381 e. The van der Waals surface area contributed by atoms with Gasteiger partial charge in [0, 0.05) is 38.8 Å². The Labute approximate surface area is 111 Å². The molecule has 1 N–H and O–H groups in total. The first-order valence-corrected chi connectivity index (χ1v) is 7.37. The zero-order valence-electron chi connectivity index (χ0n) is 11.9. The SMILES string of the molecule is COC1CCC(NC(C)CN2CCOCC2)CC1. The first kappa shape index (κ1) is 14.3. The fourth-order valence-electron chi connectivity index (χ4n) is 3.09. The molecule has 4 nitrogen and oxygen atoms in total. The van der Waals surface area contributed by atoms with E-state index in [2.05, 4.69) is 17.1 Å². The van der Waals surface area contributed by atoms with Crippen LogP contribution in [-0.2, 0) is 9.47 Å². The lowest BCUT2D eigenvalue weighted by Crippen LogP contribution is -2.48. The van der Waals surface area contributed by atoms with Crippen LogP contribution in [0.15, 0.2) is 0 Å². The van der Waals surface area contributed by atoms with Crippen molar-refractivity contribution in [1.82, 2.24) is 10.2 Å². The van der Waals surface area contributed by atoms with Gasteiger partial charge in [0.05, 0.1) is 19.3 Å². The van der Waals surface area contributed by atoms with Gasteiger partial charge >= 0.3 is 0 Å². The minimum atomic E-state index is 0.498. The molecule has 1 unspecified atom stereocenters. The lowest BCUT2D eigenvalue weighted by molar-refractivity contribution is 0.0317. The fourth-order valence-corrected chi connectivity index (χ4v) is 3.09. The lowest BCUT2D eigenvalue weighted by atomic mass is 9.92. The molecule has 0 aromatic heterocycles. The van der Waals surface area contributed by atoms with E-state index in [0.717, 1.165) is 32.8 Å². The summed E-state index contributed by atoms with van der Waals surface area (Å²) in [5.41, 5.74) is 0. The molecule has 1 saturated heterocycles. The van der Waals surface area contributed by atoms with Gasteiger partial charge in [-0.3, -0.25) is 4.90 Å². The van der Waals surface area contributed by atoms with Crippen LogP contribution < -0.4 is 5.32 Å². The highest BCUT2D eigenvalue weighted by Crippen LogP contribution is 2.21. The smallest absolute Gasteiger partial charge is 0.0594 e. The summed E-state index contributed by atoms with van der Waals surface area (Å²) in [7, 11) is 1.83. The first-order valence-electron chi connectivity index (χ1n) is 7.37. The molecule has 106 valence electrons. The highest BCUT2D eigenvalue weighted by atomic mass is 16.5. The topological polar surface area (TPSA) is 33.7 Å². The van der Waals surface area contributed by atoms with E-state index < -0.39 is 0 Å². The number of nitrogens with zero attached hydrogens (tertiary/aromatic N) is 1. The predicted molar refractivity (Wildman–Crippen MR) is 72.9 cm³/mol. The first-order chi connectivity index (χ1) is 8.78. The average Bonchev–Trinajstić information content (AvgIpc) is 2.40. The zero-order valence-corrected chi connectivity index (χ0v) is 11.9. The largest absolute Gasteiger partial charge is 0.381 e. The molecule has 1 atom stereocenters. The van der Waals surface area contributed by atoms with Crippen molar-refractivity contribution >= 4 is 0 Å². The van der Waals surface area contributed by atoms with Gasteiger partial charge in [0.1, 0.15) is 0 Å². The number of hydrogen-bond donors (Lipinski definition) is 1. The molecular weight excluding hydrogens is 228 g/mol. The van der Waals surface area contributed by atoms with Gasteiger partial charge in [0.25, 0.3) is 0 Å². The van der Waals surface area contributed by atoms with Crippen molar-refractivity contribution in [3.05, 3.63) is 0 Å². The maximum Gasteiger partial charge on any atom is 0.0594 e. The molecule has 2 aliphatic rings. The van der Waals surface area contributed by atoms with Crippen LogP contribution in [0.4, 0.5) is 0 Å². The molecule has 1 saturated carbocycles. The summed E-state index contributed by atoms with van der Waals surface area (Å²) in [6.45, 7) is 7.41. The van der Waals surface area contributed by atoms with Crippen molar-refractivity contribution in [2.45, 2.75) is 50.8 Å². The predicted octanol–water partition coefficient (Wildman–Crippen LogP) is 1.25. The number of ether oxygens (including phenoxy) is 2. The Hall–Kier alpha value is -0.160. The monoisotopic (exact) mass is 256 g/mol. The molecule has 0 bridgehead atoms. The number of methoxy groups -OCH3 is 1. The summed E-state index contributed by atoms with van der Waals surface area (Å²) in [5.74, 6) is 0. The van der Waals surface area contributed by atoms with E-state index >= 15 is 0 Å². The number of morpholine rings is 1. The molecule has 1 heterocycles. The Bertz CT molecular complexity index is 224. The molecule has 0 aromatic rings. The molecular formula is C14H28N2O2. The van der Waals surface area contributed by atoms with Gasteiger partial charge in [0.15, 0.2) is 0 Å². The Morgan fingerprint density at radius 3 is 2.50 bits per heavy atom. The molecule has 0 aromatic carbocycles. The van der Waals surface area contributed by atoms with Gasteiger partial charge in [-0.1, -0.05) is 0 Å². The highest BCUT2D eigenvalue weighted by molar-refractivity contribution is 4.81. The number of hydrogen-bond acceptors (Lipinski definition) is 4. The summed E-state index contributed by atoms with van der Waals surface area (Å²) in [5, 5.41) is 3.77. The summed E-state index contributed by atoms with van der Waals surface area (Å²) in [6.07, 6.45) is 5.42.